The van der Waals surface area contributed by atoms with Gasteiger partial charge in [0.1, 0.15) is 0 Å². The Balaban J connectivity index is 2.91. The van der Waals surface area contributed by atoms with Gasteiger partial charge >= 0.3 is 0 Å². The van der Waals surface area contributed by atoms with Gasteiger partial charge in [-0.25, -0.2) is 0 Å². The van der Waals surface area contributed by atoms with Gasteiger partial charge in [-0.15, -0.1) is 0 Å². The SMILES string of the molecule is CC[C@@H](O)c1cccc(N(C)C)c1. The molecule has 0 aliphatic carbocycles. The molecule has 0 fully saturated rings. The smallest absolute Gasteiger partial charge is 0.0788 e. The largest absolute Gasteiger partial charge is 0.388 e. The lowest BCUT2D eigenvalue weighted by Crippen LogP contribution is -2.09. The molecule has 0 heterocycles. The number of hydrogen-bond acceptors (Lipinski definition) is 2. The minimum atomic E-state index is -0.333. The molecule has 2 heteroatoms. The average molecular weight is 179 g/mol. The maximum absolute atomic E-state index is 9.62. The molecule has 1 N–H and O–H groups in total. The molecule has 0 amide bonds. The molecule has 1 aromatic carbocycles. The molecule has 0 saturated heterocycles. The van der Waals surface area contributed by atoms with E-state index < -0.39 is 0 Å². The van der Waals surface area contributed by atoms with Gasteiger partial charge in [-0.1, -0.05) is 19.1 Å². The Kier molecular flexibility index (Phi) is 3.32. The highest BCUT2D eigenvalue weighted by Gasteiger charge is 2.05. The van der Waals surface area contributed by atoms with Crippen molar-refractivity contribution >= 4 is 5.69 Å². The Morgan fingerprint density at radius 3 is 2.62 bits per heavy atom. The number of aliphatic hydroxyl groups is 1. The van der Waals surface area contributed by atoms with Gasteiger partial charge in [0.15, 0.2) is 0 Å². The fraction of sp³-hybridized carbons (Fsp3) is 0.455. The molecule has 13 heavy (non-hydrogen) atoms. The van der Waals surface area contributed by atoms with Gasteiger partial charge in [0.2, 0.25) is 0 Å². The van der Waals surface area contributed by atoms with Gasteiger partial charge in [-0.2, -0.15) is 0 Å². The van der Waals surface area contributed by atoms with E-state index >= 15 is 0 Å². The van der Waals surface area contributed by atoms with Crippen LogP contribution in [0.4, 0.5) is 5.69 Å². The van der Waals surface area contributed by atoms with Crippen molar-refractivity contribution < 1.29 is 5.11 Å². The highest BCUT2D eigenvalue weighted by Crippen LogP contribution is 2.20. The highest BCUT2D eigenvalue weighted by molar-refractivity contribution is 5.47. The predicted molar refractivity (Wildman–Crippen MR) is 56.0 cm³/mol. The molecule has 1 rings (SSSR count). The summed E-state index contributed by atoms with van der Waals surface area (Å²) < 4.78 is 0. The van der Waals surface area contributed by atoms with Crippen molar-refractivity contribution in [2.75, 3.05) is 19.0 Å². The molecule has 0 aliphatic heterocycles. The molecule has 72 valence electrons. The van der Waals surface area contributed by atoms with Crippen molar-refractivity contribution in [3.8, 4) is 0 Å². The molecule has 0 aliphatic rings. The summed E-state index contributed by atoms with van der Waals surface area (Å²) in [6.45, 7) is 1.98. The van der Waals surface area contributed by atoms with Crippen LogP contribution in [0.2, 0.25) is 0 Å². The molecule has 0 aromatic heterocycles. The molecular formula is C11H17NO. The summed E-state index contributed by atoms with van der Waals surface area (Å²) in [7, 11) is 3.99. The lowest BCUT2D eigenvalue weighted by molar-refractivity contribution is 0.173. The minimum absolute atomic E-state index is 0.333. The summed E-state index contributed by atoms with van der Waals surface area (Å²) in [6.07, 6.45) is 0.427. The third-order valence-corrected chi connectivity index (χ3v) is 2.16. The number of aliphatic hydroxyl groups excluding tert-OH is 1. The summed E-state index contributed by atoms with van der Waals surface area (Å²) in [5, 5.41) is 9.62. The van der Waals surface area contributed by atoms with Crippen LogP contribution in [-0.2, 0) is 0 Å². The fourth-order valence-corrected chi connectivity index (χ4v) is 1.25. The zero-order valence-corrected chi connectivity index (χ0v) is 8.49. The van der Waals surface area contributed by atoms with Crippen LogP contribution < -0.4 is 4.90 Å². The summed E-state index contributed by atoms with van der Waals surface area (Å²) in [5.74, 6) is 0. The molecule has 0 radical (unpaired) electrons. The highest BCUT2D eigenvalue weighted by atomic mass is 16.3. The number of hydrogen-bond donors (Lipinski definition) is 1. The second-order valence-corrected chi connectivity index (χ2v) is 3.41. The van der Waals surface area contributed by atoms with E-state index in [0.29, 0.717) is 0 Å². The van der Waals surface area contributed by atoms with Crippen LogP contribution >= 0.6 is 0 Å². The lowest BCUT2D eigenvalue weighted by atomic mass is 10.1. The molecule has 0 spiro atoms. The first-order valence-corrected chi connectivity index (χ1v) is 4.60. The number of nitrogens with zero attached hydrogens (tertiary/aromatic N) is 1. The summed E-state index contributed by atoms with van der Waals surface area (Å²) in [6, 6.07) is 7.99. The molecule has 1 aromatic rings. The van der Waals surface area contributed by atoms with Crippen molar-refractivity contribution in [1.82, 2.24) is 0 Å². The summed E-state index contributed by atoms with van der Waals surface area (Å²) in [4.78, 5) is 2.03. The van der Waals surface area contributed by atoms with Crippen LogP contribution in [-0.4, -0.2) is 19.2 Å². The second-order valence-electron chi connectivity index (χ2n) is 3.41. The Bertz CT molecular complexity index is 271. The van der Waals surface area contributed by atoms with Gasteiger partial charge in [0, 0.05) is 19.8 Å². The Morgan fingerprint density at radius 2 is 2.08 bits per heavy atom. The van der Waals surface area contributed by atoms with Crippen molar-refractivity contribution in [2.45, 2.75) is 19.4 Å². The van der Waals surface area contributed by atoms with Crippen molar-refractivity contribution in [3.63, 3.8) is 0 Å². The van der Waals surface area contributed by atoms with Crippen LogP contribution in [0.15, 0.2) is 24.3 Å². The molecule has 1 atom stereocenters. The Hall–Kier alpha value is -1.02. The monoisotopic (exact) mass is 179 g/mol. The normalized spacial score (nSPS) is 12.6. The molecule has 0 bridgehead atoms. The summed E-state index contributed by atoms with van der Waals surface area (Å²) in [5.41, 5.74) is 2.12. The lowest BCUT2D eigenvalue weighted by Gasteiger charge is -2.15. The second kappa shape index (κ2) is 4.28. The number of benzene rings is 1. The predicted octanol–water partition coefficient (Wildman–Crippen LogP) is 2.20. The average Bonchev–Trinajstić information content (AvgIpc) is 2.17. The van der Waals surface area contributed by atoms with Crippen molar-refractivity contribution in [2.24, 2.45) is 0 Å². The first-order chi connectivity index (χ1) is 6.15. The maximum atomic E-state index is 9.62. The van der Waals surface area contributed by atoms with Crippen molar-refractivity contribution in [3.05, 3.63) is 29.8 Å². The topological polar surface area (TPSA) is 23.5 Å². The van der Waals surface area contributed by atoms with E-state index in [1.54, 1.807) is 0 Å². The quantitative estimate of drug-likeness (QED) is 0.769. The van der Waals surface area contributed by atoms with Crippen molar-refractivity contribution in [1.29, 1.82) is 0 Å². The van der Waals surface area contributed by atoms with Crippen LogP contribution in [0.25, 0.3) is 0 Å². The molecule has 0 unspecified atom stereocenters. The van der Waals surface area contributed by atoms with Gasteiger partial charge in [0.05, 0.1) is 6.10 Å². The van der Waals surface area contributed by atoms with E-state index in [-0.39, 0.29) is 6.10 Å². The van der Waals surface area contributed by atoms with E-state index in [1.807, 2.05) is 50.2 Å². The first kappa shape index (κ1) is 10.1. The van der Waals surface area contributed by atoms with E-state index in [4.69, 9.17) is 0 Å². The summed E-state index contributed by atoms with van der Waals surface area (Å²) >= 11 is 0. The van der Waals surface area contributed by atoms with E-state index in [1.165, 1.54) is 0 Å². The van der Waals surface area contributed by atoms with Gasteiger partial charge in [0.25, 0.3) is 0 Å². The zero-order valence-electron chi connectivity index (χ0n) is 8.49. The molecular weight excluding hydrogens is 162 g/mol. The van der Waals surface area contributed by atoms with E-state index in [2.05, 4.69) is 0 Å². The van der Waals surface area contributed by atoms with Gasteiger partial charge < -0.3 is 10.0 Å². The standard InChI is InChI=1S/C11H17NO/c1-4-11(13)9-6-5-7-10(8-9)12(2)3/h5-8,11,13H,4H2,1-3H3/t11-/m1/s1. The Morgan fingerprint density at radius 1 is 1.38 bits per heavy atom. The van der Waals surface area contributed by atoms with Gasteiger partial charge in [-0.3, -0.25) is 0 Å². The third kappa shape index (κ3) is 2.46. The third-order valence-electron chi connectivity index (χ3n) is 2.16. The zero-order chi connectivity index (χ0) is 9.84. The van der Waals surface area contributed by atoms with Crippen LogP contribution in [0.5, 0.6) is 0 Å². The fourth-order valence-electron chi connectivity index (χ4n) is 1.25. The molecule has 0 saturated carbocycles. The Labute approximate surface area is 79.8 Å². The van der Waals surface area contributed by atoms with E-state index in [9.17, 15) is 5.11 Å². The van der Waals surface area contributed by atoms with Gasteiger partial charge in [-0.05, 0) is 24.1 Å². The molecule has 2 nitrogen and oxygen atoms in total. The van der Waals surface area contributed by atoms with E-state index in [0.717, 1.165) is 17.7 Å². The minimum Gasteiger partial charge on any atom is -0.388 e. The maximum Gasteiger partial charge on any atom is 0.0788 e. The number of rotatable bonds is 3. The van der Waals surface area contributed by atoms with Crippen LogP contribution in [0, 0.1) is 0 Å². The van der Waals surface area contributed by atoms with Crippen LogP contribution in [0.3, 0.4) is 0 Å². The number of anilines is 1. The first-order valence-electron chi connectivity index (χ1n) is 4.60. The van der Waals surface area contributed by atoms with Crippen LogP contribution in [0.1, 0.15) is 25.0 Å².